The molecule has 0 aliphatic heterocycles. The molecule has 164 valence electrons. The fourth-order valence-electron chi connectivity index (χ4n) is 5.64. The van der Waals surface area contributed by atoms with E-state index in [2.05, 4.69) is 130 Å². The van der Waals surface area contributed by atoms with E-state index in [4.69, 9.17) is 4.42 Å². The molecule has 0 atom stereocenters. The van der Waals surface area contributed by atoms with Gasteiger partial charge in [0.25, 0.3) is 0 Å². The van der Waals surface area contributed by atoms with Gasteiger partial charge in [0.15, 0.2) is 5.58 Å². The second-order valence-electron chi connectivity index (χ2n) is 9.03. The Bertz CT molecular complexity index is 2040. The van der Waals surface area contributed by atoms with Crippen molar-refractivity contribution in [2.45, 2.75) is 0 Å². The lowest BCUT2D eigenvalue weighted by atomic mass is 10.0. The molecule has 3 aromatic heterocycles. The summed E-state index contributed by atoms with van der Waals surface area (Å²) in [5.74, 6) is 0. The van der Waals surface area contributed by atoms with Gasteiger partial charge in [-0.1, -0.05) is 84.9 Å². The van der Waals surface area contributed by atoms with Crippen molar-refractivity contribution in [2.24, 2.45) is 0 Å². The average molecular weight is 449 g/mol. The largest absolute Gasteiger partial charge is 0.438 e. The van der Waals surface area contributed by atoms with Crippen LogP contribution in [0.15, 0.2) is 126 Å². The second kappa shape index (κ2) is 6.87. The van der Waals surface area contributed by atoms with Crippen LogP contribution in [0, 0.1) is 0 Å². The smallest absolute Gasteiger partial charge is 0.213 e. The molecule has 0 aliphatic carbocycles. The summed E-state index contributed by atoms with van der Waals surface area (Å²) in [6.45, 7) is 0. The number of nitrogens with zero attached hydrogens (tertiary/aromatic N) is 2. The molecule has 0 amide bonds. The molecule has 0 unspecified atom stereocenters. The summed E-state index contributed by atoms with van der Waals surface area (Å²) in [7, 11) is 0. The van der Waals surface area contributed by atoms with E-state index in [0.29, 0.717) is 0 Å². The highest BCUT2D eigenvalue weighted by Crippen LogP contribution is 2.41. The average Bonchev–Trinajstić information content (AvgIpc) is 3.55. The Balaban J connectivity index is 1.57. The number of hydrogen-bond donors (Lipinski definition) is 0. The highest BCUT2D eigenvalue weighted by Gasteiger charge is 2.21. The van der Waals surface area contributed by atoms with Gasteiger partial charge in [0, 0.05) is 21.8 Å². The molecular formula is C32H20N2O. The summed E-state index contributed by atoms with van der Waals surface area (Å²) in [6.07, 6.45) is 0. The molecule has 3 heterocycles. The van der Waals surface area contributed by atoms with Crippen LogP contribution in [0.25, 0.3) is 66.3 Å². The van der Waals surface area contributed by atoms with Gasteiger partial charge in [0.2, 0.25) is 5.71 Å². The van der Waals surface area contributed by atoms with Gasteiger partial charge in [-0.05, 0) is 42.0 Å². The molecule has 35 heavy (non-hydrogen) atoms. The van der Waals surface area contributed by atoms with Crippen LogP contribution >= 0.6 is 0 Å². The van der Waals surface area contributed by atoms with Crippen LogP contribution in [0.1, 0.15) is 0 Å². The normalized spacial score (nSPS) is 12.0. The standard InChI is InChI=1S/C32H20N2O/c1-3-11-21(12-4-1)31-24-16-8-10-18-27(24)34-29-20-28-25(19-30(29)35-32(31)34)23-15-7-9-17-26(23)33(28)22-13-5-2-6-14-22/h1-20H. The molecule has 0 spiro atoms. The van der Waals surface area contributed by atoms with E-state index in [0.717, 1.165) is 39.1 Å². The zero-order valence-corrected chi connectivity index (χ0v) is 18.8. The van der Waals surface area contributed by atoms with Gasteiger partial charge in [0.1, 0.15) is 0 Å². The Kier molecular flexibility index (Phi) is 3.66. The van der Waals surface area contributed by atoms with Crippen molar-refractivity contribution < 1.29 is 4.42 Å². The molecule has 0 N–H and O–H groups in total. The third-order valence-corrected chi connectivity index (χ3v) is 7.11. The monoisotopic (exact) mass is 448 g/mol. The first-order chi connectivity index (χ1) is 17.4. The zero-order chi connectivity index (χ0) is 22.9. The Morgan fingerprint density at radius 3 is 1.94 bits per heavy atom. The van der Waals surface area contributed by atoms with Gasteiger partial charge in [-0.15, -0.1) is 0 Å². The number of oxazole rings is 1. The highest BCUT2D eigenvalue weighted by molar-refractivity contribution is 6.14. The molecule has 0 saturated carbocycles. The van der Waals surface area contributed by atoms with Crippen LogP contribution in [-0.4, -0.2) is 8.97 Å². The van der Waals surface area contributed by atoms with Gasteiger partial charge < -0.3 is 8.98 Å². The predicted molar refractivity (Wildman–Crippen MR) is 144 cm³/mol. The third-order valence-electron chi connectivity index (χ3n) is 7.11. The summed E-state index contributed by atoms with van der Waals surface area (Å²) in [5, 5.41) is 3.62. The van der Waals surface area contributed by atoms with Crippen molar-refractivity contribution in [1.82, 2.24) is 8.97 Å². The van der Waals surface area contributed by atoms with E-state index < -0.39 is 0 Å². The minimum atomic E-state index is 0.885. The fraction of sp³-hybridized carbons (Fsp3) is 0. The van der Waals surface area contributed by atoms with Crippen LogP contribution < -0.4 is 0 Å². The molecule has 0 saturated heterocycles. The maximum atomic E-state index is 6.65. The third kappa shape index (κ3) is 2.50. The topological polar surface area (TPSA) is 22.5 Å². The summed E-state index contributed by atoms with van der Waals surface area (Å²) < 4.78 is 11.3. The first-order valence-corrected chi connectivity index (χ1v) is 11.9. The van der Waals surface area contributed by atoms with Gasteiger partial charge >= 0.3 is 0 Å². The lowest BCUT2D eigenvalue weighted by Crippen LogP contribution is -1.93. The molecular weight excluding hydrogens is 428 g/mol. The second-order valence-corrected chi connectivity index (χ2v) is 9.03. The lowest BCUT2D eigenvalue weighted by Gasteiger charge is -2.07. The van der Waals surface area contributed by atoms with Gasteiger partial charge in [-0.2, -0.15) is 0 Å². The molecule has 8 aromatic rings. The highest BCUT2D eigenvalue weighted by atomic mass is 16.3. The minimum absolute atomic E-state index is 0.885. The van der Waals surface area contributed by atoms with E-state index in [1.54, 1.807) is 0 Å². The molecule has 0 fully saturated rings. The van der Waals surface area contributed by atoms with Gasteiger partial charge in [0.05, 0.1) is 27.6 Å². The number of para-hydroxylation sites is 3. The van der Waals surface area contributed by atoms with Gasteiger partial charge in [-0.3, -0.25) is 4.40 Å². The van der Waals surface area contributed by atoms with Crippen molar-refractivity contribution in [3.8, 4) is 16.8 Å². The number of hydrogen-bond acceptors (Lipinski definition) is 1. The van der Waals surface area contributed by atoms with Crippen molar-refractivity contribution in [3.05, 3.63) is 121 Å². The number of benzene rings is 5. The lowest BCUT2D eigenvalue weighted by molar-refractivity contribution is 0.659. The fourth-order valence-corrected chi connectivity index (χ4v) is 5.64. The Labute approximate surface area is 201 Å². The molecule has 0 bridgehead atoms. The molecule has 5 aromatic carbocycles. The SMILES string of the molecule is c1ccc(-c2c3ccccc3n3c2oc2cc4c5ccccc5n(-c5ccccc5)c4cc23)cc1. The van der Waals surface area contributed by atoms with Crippen LogP contribution in [0.5, 0.6) is 0 Å². The minimum Gasteiger partial charge on any atom is -0.438 e. The number of aromatic nitrogens is 2. The van der Waals surface area contributed by atoms with E-state index >= 15 is 0 Å². The maximum Gasteiger partial charge on any atom is 0.213 e. The maximum absolute atomic E-state index is 6.65. The van der Waals surface area contributed by atoms with Crippen molar-refractivity contribution in [2.75, 3.05) is 0 Å². The Hall–Kier alpha value is -4.76. The zero-order valence-electron chi connectivity index (χ0n) is 18.8. The van der Waals surface area contributed by atoms with Crippen molar-refractivity contribution in [1.29, 1.82) is 0 Å². The van der Waals surface area contributed by atoms with Crippen molar-refractivity contribution >= 4 is 49.5 Å². The molecule has 3 heteroatoms. The first kappa shape index (κ1) is 18.6. The van der Waals surface area contributed by atoms with Crippen LogP contribution in [-0.2, 0) is 0 Å². The van der Waals surface area contributed by atoms with E-state index in [1.807, 2.05) is 0 Å². The predicted octanol–water partition coefficient (Wildman–Crippen LogP) is 8.60. The molecule has 8 rings (SSSR count). The number of rotatable bonds is 2. The summed E-state index contributed by atoms with van der Waals surface area (Å²) in [6, 6.07) is 42.8. The molecule has 0 aliphatic rings. The Morgan fingerprint density at radius 2 is 1.14 bits per heavy atom. The van der Waals surface area contributed by atoms with Crippen LogP contribution in [0.3, 0.4) is 0 Å². The number of fused-ring (bicyclic) bond motifs is 8. The summed E-state index contributed by atoms with van der Waals surface area (Å²) >= 11 is 0. The quantitative estimate of drug-likeness (QED) is 0.259. The van der Waals surface area contributed by atoms with Crippen LogP contribution in [0.4, 0.5) is 0 Å². The van der Waals surface area contributed by atoms with E-state index in [9.17, 15) is 0 Å². The molecule has 3 nitrogen and oxygen atoms in total. The van der Waals surface area contributed by atoms with Crippen LogP contribution in [0.2, 0.25) is 0 Å². The van der Waals surface area contributed by atoms with Crippen molar-refractivity contribution in [3.63, 3.8) is 0 Å². The summed E-state index contributed by atoms with van der Waals surface area (Å²) in [4.78, 5) is 0. The van der Waals surface area contributed by atoms with E-state index in [-0.39, 0.29) is 0 Å². The summed E-state index contributed by atoms with van der Waals surface area (Å²) in [5.41, 5.74) is 9.83. The van der Waals surface area contributed by atoms with E-state index in [1.165, 1.54) is 27.2 Å². The van der Waals surface area contributed by atoms with Gasteiger partial charge in [-0.25, -0.2) is 0 Å². The Morgan fingerprint density at radius 1 is 0.486 bits per heavy atom. The first-order valence-electron chi connectivity index (χ1n) is 11.9. The molecule has 0 radical (unpaired) electrons.